The lowest BCUT2D eigenvalue weighted by Crippen LogP contribution is -2.45. The summed E-state index contributed by atoms with van der Waals surface area (Å²) in [7, 11) is 1.83. The van der Waals surface area contributed by atoms with E-state index in [2.05, 4.69) is 23.4 Å². The van der Waals surface area contributed by atoms with Gasteiger partial charge in [0.25, 0.3) is 0 Å². The molecule has 0 saturated heterocycles. The molecule has 1 amide bonds. The van der Waals surface area contributed by atoms with Crippen LogP contribution in [0.4, 0.5) is 5.82 Å². The fraction of sp³-hybridized carbons (Fsp3) is 0.600. The third kappa shape index (κ3) is 4.30. The van der Waals surface area contributed by atoms with Crippen molar-refractivity contribution in [3.63, 3.8) is 0 Å². The van der Waals surface area contributed by atoms with Gasteiger partial charge in [-0.25, -0.2) is 0 Å². The second-order valence-electron chi connectivity index (χ2n) is 9.79. The maximum absolute atomic E-state index is 13.1. The number of carbonyl (C=O) groups excluding carboxylic acids is 2. The summed E-state index contributed by atoms with van der Waals surface area (Å²) in [6, 6.07) is 1.79. The fourth-order valence-electron chi connectivity index (χ4n) is 6.65. The van der Waals surface area contributed by atoms with E-state index in [1.54, 1.807) is 16.8 Å². The van der Waals surface area contributed by atoms with E-state index < -0.39 is 0 Å². The van der Waals surface area contributed by atoms with Gasteiger partial charge in [0.1, 0.15) is 5.78 Å². The number of nitrogens with one attached hydrogen (secondary N) is 2. The Morgan fingerprint density at radius 3 is 2.97 bits per heavy atom. The number of fused-ring (bicyclic) bond motifs is 3. The van der Waals surface area contributed by atoms with Crippen molar-refractivity contribution < 1.29 is 9.59 Å². The Kier molecular flexibility index (Phi) is 6.26. The van der Waals surface area contributed by atoms with E-state index in [0.717, 1.165) is 25.7 Å². The Labute approximate surface area is 184 Å². The molecule has 1 aromatic heterocycles. The van der Waals surface area contributed by atoms with Crippen molar-refractivity contribution in [3.05, 3.63) is 36.1 Å². The molecule has 1 heterocycles. The van der Waals surface area contributed by atoms with Crippen molar-refractivity contribution in [3.8, 4) is 0 Å². The average Bonchev–Trinajstić information content (AvgIpc) is 3.26. The average molecular weight is 423 g/mol. The summed E-state index contributed by atoms with van der Waals surface area (Å²) in [5, 5.41) is 14.3. The molecular formula is C25H34N4O2. The van der Waals surface area contributed by atoms with Gasteiger partial charge in [0.2, 0.25) is 5.91 Å². The van der Waals surface area contributed by atoms with Crippen molar-refractivity contribution in [2.75, 3.05) is 5.32 Å². The molecule has 0 bridgehead atoms. The smallest absolute Gasteiger partial charge is 0.225 e. The number of rotatable bonds is 6. The van der Waals surface area contributed by atoms with E-state index in [0.29, 0.717) is 42.2 Å². The molecule has 3 fully saturated rings. The first-order valence-electron chi connectivity index (χ1n) is 11.6. The predicted octanol–water partition coefficient (Wildman–Crippen LogP) is 4.69. The molecule has 2 N–H and O–H groups in total. The summed E-state index contributed by atoms with van der Waals surface area (Å²) >= 11 is 0. The van der Waals surface area contributed by atoms with E-state index in [1.165, 1.54) is 24.6 Å². The molecule has 166 valence electrons. The van der Waals surface area contributed by atoms with Crippen LogP contribution in [-0.4, -0.2) is 27.7 Å². The molecule has 6 nitrogen and oxygen atoms in total. The number of nitrogens with zero attached hydrogens (tertiary/aromatic N) is 2. The van der Waals surface area contributed by atoms with Crippen molar-refractivity contribution in [2.45, 2.75) is 58.3 Å². The van der Waals surface area contributed by atoms with Crippen LogP contribution in [0.1, 0.15) is 58.3 Å². The molecular weight excluding hydrogens is 388 g/mol. The Hall–Kier alpha value is -2.50. The van der Waals surface area contributed by atoms with Crippen LogP contribution in [0.15, 0.2) is 36.1 Å². The summed E-state index contributed by atoms with van der Waals surface area (Å²) in [4.78, 5) is 25.6. The van der Waals surface area contributed by atoms with Crippen LogP contribution in [0, 0.1) is 34.5 Å². The number of aromatic nitrogens is 2. The highest BCUT2D eigenvalue weighted by Crippen LogP contribution is 2.61. The van der Waals surface area contributed by atoms with Gasteiger partial charge in [-0.1, -0.05) is 24.6 Å². The Bertz CT molecular complexity index is 914. The Morgan fingerprint density at radius 1 is 1.39 bits per heavy atom. The predicted molar refractivity (Wildman–Crippen MR) is 122 cm³/mol. The van der Waals surface area contributed by atoms with Crippen LogP contribution in [0.2, 0.25) is 0 Å². The normalized spacial score (nSPS) is 34.0. The van der Waals surface area contributed by atoms with Crippen molar-refractivity contribution in [1.29, 1.82) is 5.41 Å². The molecule has 1 aromatic rings. The lowest BCUT2D eigenvalue weighted by molar-refractivity contribution is -0.130. The summed E-state index contributed by atoms with van der Waals surface area (Å²) in [6.07, 6.45) is 16.4. The molecule has 3 saturated carbocycles. The lowest BCUT2D eigenvalue weighted by Gasteiger charge is -2.50. The zero-order valence-electron chi connectivity index (χ0n) is 18.6. The SMILES string of the molecule is Cn1ccc(NC(=O)CC[C@@H]2CC(=O)[C@@]3(C)CCC4/C(=C/C=C\C=N)CCCC4C23)n1. The van der Waals surface area contributed by atoms with Gasteiger partial charge >= 0.3 is 0 Å². The highest BCUT2D eigenvalue weighted by Gasteiger charge is 2.58. The first-order valence-corrected chi connectivity index (χ1v) is 11.6. The highest BCUT2D eigenvalue weighted by molar-refractivity contribution is 5.90. The van der Waals surface area contributed by atoms with Gasteiger partial charge in [-0.15, -0.1) is 0 Å². The zero-order chi connectivity index (χ0) is 22.0. The van der Waals surface area contributed by atoms with Crippen molar-refractivity contribution in [2.24, 2.45) is 36.1 Å². The van der Waals surface area contributed by atoms with Gasteiger partial charge in [0.15, 0.2) is 5.82 Å². The van der Waals surface area contributed by atoms with Gasteiger partial charge in [0, 0.05) is 43.8 Å². The monoisotopic (exact) mass is 422 g/mol. The minimum absolute atomic E-state index is 0.0203. The second kappa shape index (κ2) is 8.93. The Balaban J connectivity index is 1.47. The lowest BCUT2D eigenvalue weighted by atomic mass is 9.54. The van der Waals surface area contributed by atoms with Crippen molar-refractivity contribution in [1.82, 2.24) is 9.78 Å². The molecule has 0 spiro atoms. The second-order valence-corrected chi connectivity index (χ2v) is 9.79. The minimum atomic E-state index is -0.226. The molecule has 3 aliphatic rings. The first kappa shape index (κ1) is 21.7. The van der Waals surface area contributed by atoms with Crippen molar-refractivity contribution >= 4 is 23.7 Å². The van der Waals surface area contributed by atoms with Gasteiger partial charge in [-0.05, 0) is 68.3 Å². The zero-order valence-corrected chi connectivity index (χ0v) is 18.6. The number of carbonyl (C=O) groups is 2. The summed E-state index contributed by atoms with van der Waals surface area (Å²) in [6.45, 7) is 2.19. The fourth-order valence-corrected chi connectivity index (χ4v) is 6.65. The number of allylic oxidation sites excluding steroid dienone is 4. The topological polar surface area (TPSA) is 87.8 Å². The summed E-state index contributed by atoms with van der Waals surface area (Å²) in [5.41, 5.74) is 1.26. The maximum Gasteiger partial charge on any atom is 0.225 e. The van der Waals surface area contributed by atoms with Crippen LogP contribution in [0.25, 0.3) is 0 Å². The number of anilines is 1. The molecule has 0 radical (unpaired) electrons. The van der Waals surface area contributed by atoms with E-state index in [4.69, 9.17) is 5.41 Å². The molecule has 3 aliphatic carbocycles. The summed E-state index contributed by atoms with van der Waals surface area (Å²) < 4.78 is 1.67. The quantitative estimate of drug-likeness (QED) is 0.652. The van der Waals surface area contributed by atoms with E-state index in [-0.39, 0.29) is 17.2 Å². The van der Waals surface area contributed by atoms with Gasteiger partial charge in [0.05, 0.1) is 0 Å². The molecule has 31 heavy (non-hydrogen) atoms. The van der Waals surface area contributed by atoms with Gasteiger partial charge in [-0.3, -0.25) is 14.3 Å². The molecule has 5 atom stereocenters. The number of hydrogen-bond acceptors (Lipinski definition) is 4. The number of hydrogen-bond donors (Lipinski definition) is 2. The summed E-state index contributed by atoms with van der Waals surface area (Å²) in [5.74, 6) is 2.70. The molecule has 0 aliphatic heterocycles. The highest BCUT2D eigenvalue weighted by atomic mass is 16.1. The maximum atomic E-state index is 13.1. The van der Waals surface area contributed by atoms with Crippen LogP contribution < -0.4 is 5.32 Å². The molecule has 0 aromatic carbocycles. The van der Waals surface area contributed by atoms with E-state index >= 15 is 0 Å². The number of amides is 1. The molecule has 6 heteroatoms. The van der Waals surface area contributed by atoms with E-state index in [1.807, 2.05) is 19.3 Å². The number of Topliss-reactive ketones (excluding diaryl/α,β-unsaturated/α-hetero) is 1. The molecule has 4 rings (SSSR count). The third-order valence-corrected chi connectivity index (χ3v) is 8.00. The largest absolute Gasteiger partial charge is 0.309 e. The Morgan fingerprint density at radius 2 is 2.23 bits per heavy atom. The number of ketones is 1. The van der Waals surface area contributed by atoms with Crippen LogP contribution in [0.3, 0.4) is 0 Å². The van der Waals surface area contributed by atoms with Gasteiger partial charge < -0.3 is 10.7 Å². The van der Waals surface area contributed by atoms with Crippen LogP contribution in [0.5, 0.6) is 0 Å². The van der Waals surface area contributed by atoms with Crippen LogP contribution >= 0.6 is 0 Å². The molecule has 3 unspecified atom stereocenters. The van der Waals surface area contributed by atoms with Gasteiger partial charge in [-0.2, -0.15) is 5.10 Å². The first-order chi connectivity index (χ1) is 14.9. The number of aryl methyl sites for hydroxylation is 1. The van der Waals surface area contributed by atoms with Crippen LogP contribution in [-0.2, 0) is 16.6 Å². The van der Waals surface area contributed by atoms with E-state index in [9.17, 15) is 9.59 Å². The minimum Gasteiger partial charge on any atom is -0.309 e. The standard InChI is InChI=1S/C25H34N4O2/c1-25-13-11-19-17(6-3-4-14-26)7-5-8-20(19)24(25)18(16-21(25)30)9-10-23(31)27-22-12-15-29(2)28-22/h3-4,6,12,14-15,18-20,24,26H,5,7-11,13,16H2,1-2H3,(H,27,28,31)/b4-3-,17-6+,26-14?/t18-,19?,20?,24?,25-/m1/s1. The third-order valence-electron chi connectivity index (χ3n) is 8.00.